The standard InChI is InChI=1S/C23H18FN3O/c1-15(16-10-12-25-13-11-16)26-23(28)20-14-22(17-6-8-18(24)9-7-17)27-21-5-3-2-4-19(20)21/h2-15H,1H3,(H,26,28). The molecular formula is C23H18FN3O. The number of rotatable bonds is 4. The maximum absolute atomic E-state index is 13.3. The molecule has 0 saturated heterocycles. The molecule has 0 aliphatic rings. The molecule has 2 aromatic carbocycles. The van der Waals surface area contributed by atoms with Crippen molar-refractivity contribution in [2.45, 2.75) is 13.0 Å². The second kappa shape index (κ2) is 7.56. The van der Waals surface area contributed by atoms with Crippen LogP contribution in [0, 0.1) is 5.82 Å². The van der Waals surface area contributed by atoms with E-state index in [0.29, 0.717) is 16.8 Å². The summed E-state index contributed by atoms with van der Waals surface area (Å²) >= 11 is 0. The van der Waals surface area contributed by atoms with Gasteiger partial charge in [0.15, 0.2) is 0 Å². The van der Waals surface area contributed by atoms with Crippen molar-refractivity contribution in [3.63, 3.8) is 0 Å². The van der Waals surface area contributed by atoms with Crippen molar-refractivity contribution >= 4 is 16.8 Å². The number of amides is 1. The van der Waals surface area contributed by atoms with Gasteiger partial charge in [0, 0.05) is 23.3 Å². The highest BCUT2D eigenvalue weighted by molar-refractivity contribution is 6.07. The third-order valence-electron chi connectivity index (χ3n) is 4.65. The van der Waals surface area contributed by atoms with Crippen molar-refractivity contribution in [3.8, 4) is 11.3 Å². The van der Waals surface area contributed by atoms with E-state index >= 15 is 0 Å². The van der Waals surface area contributed by atoms with Gasteiger partial charge in [-0.05, 0) is 61.0 Å². The molecule has 0 radical (unpaired) electrons. The van der Waals surface area contributed by atoms with Crippen LogP contribution in [-0.4, -0.2) is 15.9 Å². The zero-order chi connectivity index (χ0) is 19.5. The number of halogens is 1. The smallest absolute Gasteiger partial charge is 0.252 e. The van der Waals surface area contributed by atoms with Gasteiger partial charge in [-0.1, -0.05) is 18.2 Å². The minimum atomic E-state index is -0.311. The van der Waals surface area contributed by atoms with Gasteiger partial charge in [-0.15, -0.1) is 0 Å². The summed E-state index contributed by atoms with van der Waals surface area (Å²) < 4.78 is 13.3. The van der Waals surface area contributed by atoms with E-state index in [2.05, 4.69) is 15.3 Å². The normalized spacial score (nSPS) is 11.9. The number of pyridine rings is 2. The van der Waals surface area contributed by atoms with Crippen LogP contribution in [-0.2, 0) is 0 Å². The van der Waals surface area contributed by atoms with Crippen molar-refractivity contribution in [2.24, 2.45) is 0 Å². The lowest BCUT2D eigenvalue weighted by Gasteiger charge is -2.16. The summed E-state index contributed by atoms with van der Waals surface area (Å²) in [6.07, 6.45) is 3.40. The Morgan fingerprint density at radius 3 is 2.46 bits per heavy atom. The fourth-order valence-corrected chi connectivity index (χ4v) is 3.14. The van der Waals surface area contributed by atoms with Gasteiger partial charge in [-0.3, -0.25) is 9.78 Å². The third-order valence-corrected chi connectivity index (χ3v) is 4.65. The average molecular weight is 371 g/mol. The van der Waals surface area contributed by atoms with Gasteiger partial charge in [-0.25, -0.2) is 9.37 Å². The molecule has 0 aliphatic heterocycles. The van der Waals surface area contributed by atoms with Gasteiger partial charge in [0.25, 0.3) is 5.91 Å². The molecule has 0 aliphatic carbocycles. The molecule has 5 heteroatoms. The Balaban J connectivity index is 1.74. The van der Waals surface area contributed by atoms with Gasteiger partial charge in [0.1, 0.15) is 5.82 Å². The zero-order valence-electron chi connectivity index (χ0n) is 15.3. The first kappa shape index (κ1) is 17.8. The maximum atomic E-state index is 13.3. The number of carbonyl (C=O) groups excluding carboxylic acids is 1. The van der Waals surface area contributed by atoms with E-state index in [1.807, 2.05) is 43.3 Å². The molecule has 4 rings (SSSR count). The molecule has 0 fully saturated rings. The number of carbonyl (C=O) groups is 1. The predicted octanol–water partition coefficient (Wildman–Crippen LogP) is 4.93. The first-order chi connectivity index (χ1) is 13.6. The van der Waals surface area contributed by atoms with Gasteiger partial charge in [-0.2, -0.15) is 0 Å². The number of fused-ring (bicyclic) bond motifs is 1. The monoisotopic (exact) mass is 371 g/mol. The average Bonchev–Trinajstić information content (AvgIpc) is 2.74. The molecule has 4 nitrogen and oxygen atoms in total. The lowest BCUT2D eigenvalue weighted by molar-refractivity contribution is 0.0941. The van der Waals surface area contributed by atoms with Crippen LogP contribution in [0.1, 0.15) is 28.9 Å². The van der Waals surface area contributed by atoms with Crippen LogP contribution < -0.4 is 5.32 Å². The van der Waals surface area contributed by atoms with Crippen LogP contribution in [0.3, 0.4) is 0 Å². The summed E-state index contributed by atoms with van der Waals surface area (Å²) in [5.74, 6) is -0.500. The van der Waals surface area contributed by atoms with Gasteiger partial charge in [0.05, 0.1) is 22.8 Å². The zero-order valence-corrected chi connectivity index (χ0v) is 15.3. The summed E-state index contributed by atoms with van der Waals surface area (Å²) in [4.78, 5) is 21.7. The summed E-state index contributed by atoms with van der Waals surface area (Å²) in [6, 6.07) is 18.9. The van der Waals surface area contributed by atoms with Crippen molar-refractivity contribution in [1.82, 2.24) is 15.3 Å². The number of nitrogens with zero attached hydrogens (tertiary/aromatic N) is 2. The van der Waals surface area contributed by atoms with Crippen LogP contribution in [0.15, 0.2) is 79.1 Å². The highest BCUT2D eigenvalue weighted by atomic mass is 19.1. The van der Waals surface area contributed by atoms with Crippen molar-refractivity contribution < 1.29 is 9.18 Å². The van der Waals surface area contributed by atoms with E-state index in [1.54, 1.807) is 30.6 Å². The fraction of sp³-hybridized carbons (Fsp3) is 0.0870. The van der Waals surface area contributed by atoms with E-state index in [0.717, 1.165) is 16.5 Å². The Kier molecular flexibility index (Phi) is 4.81. The summed E-state index contributed by atoms with van der Waals surface area (Å²) in [5, 5.41) is 3.81. The van der Waals surface area contributed by atoms with Crippen LogP contribution >= 0.6 is 0 Å². The van der Waals surface area contributed by atoms with Crippen molar-refractivity contribution in [1.29, 1.82) is 0 Å². The second-order valence-electron chi connectivity index (χ2n) is 6.55. The molecule has 1 unspecified atom stereocenters. The number of hydrogen-bond donors (Lipinski definition) is 1. The van der Waals surface area contributed by atoms with Gasteiger partial charge in [0.2, 0.25) is 0 Å². The molecule has 0 spiro atoms. The minimum absolute atomic E-state index is 0.170. The Labute approximate surface area is 162 Å². The Hall–Kier alpha value is -3.60. The van der Waals surface area contributed by atoms with E-state index in [1.165, 1.54) is 12.1 Å². The molecule has 28 heavy (non-hydrogen) atoms. The van der Waals surface area contributed by atoms with Crippen LogP contribution in [0.2, 0.25) is 0 Å². The molecule has 0 bridgehead atoms. The molecule has 1 atom stereocenters. The molecular weight excluding hydrogens is 353 g/mol. The number of nitrogens with one attached hydrogen (secondary N) is 1. The Morgan fingerprint density at radius 1 is 1.00 bits per heavy atom. The number of aromatic nitrogens is 2. The molecule has 2 heterocycles. The number of para-hydroxylation sites is 1. The molecule has 2 aromatic heterocycles. The Bertz CT molecular complexity index is 1130. The Morgan fingerprint density at radius 2 is 1.71 bits per heavy atom. The van der Waals surface area contributed by atoms with Crippen molar-refractivity contribution in [2.75, 3.05) is 0 Å². The molecule has 1 amide bonds. The highest BCUT2D eigenvalue weighted by Crippen LogP contribution is 2.25. The fourth-order valence-electron chi connectivity index (χ4n) is 3.14. The predicted molar refractivity (Wildman–Crippen MR) is 107 cm³/mol. The van der Waals surface area contributed by atoms with Crippen molar-refractivity contribution in [3.05, 3.63) is 96.1 Å². The lowest BCUT2D eigenvalue weighted by Crippen LogP contribution is -2.27. The van der Waals surface area contributed by atoms with E-state index < -0.39 is 0 Å². The van der Waals surface area contributed by atoms with E-state index in [-0.39, 0.29) is 17.8 Å². The summed E-state index contributed by atoms with van der Waals surface area (Å²) in [7, 11) is 0. The lowest BCUT2D eigenvalue weighted by atomic mass is 10.0. The molecule has 138 valence electrons. The molecule has 1 N–H and O–H groups in total. The second-order valence-corrected chi connectivity index (χ2v) is 6.55. The SMILES string of the molecule is CC(NC(=O)c1cc(-c2ccc(F)cc2)nc2ccccc12)c1ccncc1. The van der Waals surface area contributed by atoms with Crippen LogP contribution in [0.25, 0.3) is 22.2 Å². The first-order valence-electron chi connectivity index (χ1n) is 8.98. The van der Waals surface area contributed by atoms with E-state index in [9.17, 15) is 9.18 Å². The first-order valence-corrected chi connectivity index (χ1v) is 8.98. The largest absolute Gasteiger partial charge is 0.345 e. The minimum Gasteiger partial charge on any atom is -0.345 e. The topological polar surface area (TPSA) is 54.9 Å². The quantitative estimate of drug-likeness (QED) is 0.554. The van der Waals surface area contributed by atoms with Crippen LogP contribution in [0.4, 0.5) is 4.39 Å². The number of hydrogen-bond acceptors (Lipinski definition) is 3. The van der Waals surface area contributed by atoms with Gasteiger partial charge < -0.3 is 5.32 Å². The summed E-state index contributed by atoms with van der Waals surface area (Å²) in [5.41, 5.74) is 3.60. The number of benzene rings is 2. The highest BCUT2D eigenvalue weighted by Gasteiger charge is 2.16. The van der Waals surface area contributed by atoms with Gasteiger partial charge >= 0.3 is 0 Å². The molecule has 4 aromatic rings. The van der Waals surface area contributed by atoms with E-state index in [4.69, 9.17) is 0 Å². The third kappa shape index (κ3) is 3.60. The summed E-state index contributed by atoms with van der Waals surface area (Å²) in [6.45, 7) is 1.93. The van der Waals surface area contributed by atoms with Crippen LogP contribution in [0.5, 0.6) is 0 Å². The maximum Gasteiger partial charge on any atom is 0.252 e. The molecule has 0 saturated carbocycles.